The number of carbonyl (C=O) groups excluding carboxylic acids is 2. The lowest BCUT2D eigenvalue weighted by atomic mass is 10.0. The predicted molar refractivity (Wildman–Crippen MR) is 70.2 cm³/mol. The highest BCUT2D eigenvalue weighted by Gasteiger charge is 2.67. The number of hydrogen-bond acceptors (Lipinski definition) is 3. The van der Waals surface area contributed by atoms with Crippen molar-refractivity contribution in [2.75, 3.05) is 20.7 Å². The molecule has 0 aromatic carbocycles. The van der Waals surface area contributed by atoms with Crippen LogP contribution < -0.4 is 0 Å². The number of nitrogens with zero attached hydrogens (tertiary/aromatic N) is 1. The van der Waals surface area contributed by atoms with Crippen LogP contribution in [-0.4, -0.2) is 37.5 Å². The molecule has 0 heterocycles. The molecule has 1 amide bonds. The lowest BCUT2D eigenvalue weighted by Gasteiger charge is -2.19. The topological polar surface area (TPSA) is 46.6 Å². The van der Waals surface area contributed by atoms with E-state index in [1.54, 1.807) is 0 Å². The van der Waals surface area contributed by atoms with Gasteiger partial charge in [0.2, 0.25) is 5.91 Å². The van der Waals surface area contributed by atoms with Crippen LogP contribution in [0.5, 0.6) is 0 Å². The summed E-state index contributed by atoms with van der Waals surface area (Å²) < 4.78 is 4.61. The van der Waals surface area contributed by atoms with Gasteiger partial charge in [0, 0.05) is 25.9 Å². The fourth-order valence-corrected chi connectivity index (χ4v) is 4.58. The first-order chi connectivity index (χ1) is 9.13. The molecular formula is C15H23NO3. The van der Waals surface area contributed by atoms with Crippen LogP contribution in [0, 0.1) is 29.6 Å². The molecule has 0 aromatic heterocycles. The van der Waals surface area contributed by atoms with Crippen LogP contribution in [0.2, 0.25) is 0 Å². The Balaban J connectivity index is 1.45. The summed E-state index contributed by atoms with van der Waals surface area (Å²) in [5.74, 6) is 3.52. The number of hydrogen-bond donors (Lipinski definition) is 0. The van der Waals surface area contributed by atoms with Crippen molar-refractivity contribution in [3.8, 4) is 0 Å². The second-order valence-electron chi connectivity index (χ2n) is 6.45. The van der Waals surface area contributed by atoms with Gasteiger partial charge in [-0.15, -0.1) is 0 Å². The van der Waals surface area contributed by atoms with Gasteiger partial charge in [-0.3, -0.25) is 9.59 Å². The lowest BCUT2D eigenvalue weighted by molar-refractivity contribution is -0.141. The third kappa shape index (κ3) is 2.15. The van der Waals surface area contributed by atoms with Crippen molar-refractivity contribution in [1.29, 1.82) is 0 Å². The zero-order chi connectivity index (χ0) is 13.6. The third-order valence-electron chi connectivity index (χ3n) is 5.50. The van der Waals surface area contributed by atoms with E-state index in [-0.39, 0.29) is 5.97 Å². The van der Waals surface area contributed by atoms with E-state index in [0.29, 0.717) is 43.0 Å². The second-order valence-corrected chi connectivity index (χ2v) is 6.45. The van der Waals surface area contributed by atoms with Gasteiger partial charge in [-0.25, -0.2) is 0 Å². The number of rotatable bonds is 5. The summed E-state index contributed by atoms with van der Waals surface area (Å²) in [4.78, 5) is 25.3. The zero-order valence-electron chi connectivity index (χ0n) is 11.8. The Labute approximate surface area is 114 Å². The van der Waals surface area contributed by atoms with E-state index in [2.05, 4.69) is 4.74 Å². The van der Waals surface area contributed by atoms with Crippen LogP contribution in [0.4, 0.5) is 0 Å². The quantitative estimate of drug-likeness (QED) is 0.711. The molecule has 3 saturated carbocycles. The van der Waals surface area contributed by atoms with Crippen molar-refractivity contribution in [3.63, 3.8) is 0 Å². The van der Waals surface area contributed by atoms with E-state index in [4.69, 9.17) is 0 Å². The first kappa shape index (κ1) is 12.9. The molecule has 3 aliphatic carbocycles. The van der Waals surface area contributed by atoms with Gasteiger partial charge in [0.15, 0.2) is 0 Å². The minimum Gasteiger partial charge on any atom is -0.469 e. The van der Waals surface area contributed by atoms with Crippen molar-refractivity contribution in [3.05, 3.63) is 0 Å². The Morgan fingerprint density at radius 1 is 1.21 bits per heavy atom. The fourth-order valence-electron chi connectivity index (χ4n) is 4.58. The summed E-state index contributed by atoms with van der Waals surface area (Å²) in [5.41, 5.74) is 0. The molecule has 4 atom stereocenters. The SMILES string of the molecule is COC(=O)CCCN(C)C(=O)C1C2C3CCC(C3)C12. The normalized spacial score (nSPS) is 37.9. The van der Waals surface area contributed by atoms with E-state index in [1.165, 1.54) is 26.4 Å². The fraction of sp³-hybridized carbons (Fsp3) is 0.867. The van der Waals surface area contributed by atoms with Gasteiger partial charge in [0.1, 0.15) is 0 Å². The largest absolute Gasteiger partial charge is 0.469 e. The zero-order valence-corrected chi connectivity index (χ0v) is 11.8. The first-order valence-corrected chi connectivity index (χ1v) is 7.45. The molecule has 0 aromatic rings. The third-order valence-corrected chi connectivity index (χ3v) is 5.50. The minimum absolute atomic E-state index is 0.192. The highest BCUT2D eigenvalue weighted by Crippen LogP contribution is 2.69. The highest BCUT2D eigenvalue weighted by molar-refractivity contribution is 5.82. The Hall–Kier alpha value is -1.06. The average molecular weight is 265 g/mol. The van der Waals surface area contributed by atoms with E-state index in [0.717, 1.165) is 11.8 Å². The molecule has 0 spiro atoms. The van der Waals surface area contributed by atoms with Gasteiger partial charge in [-0.2, -0.15) is 0 Å². The Bertz CT molecular complexity index is 379. The molecule has 0 radical (unpaired) electrons. The van der Waals surface area contributed by atoms with Gasteiger partial charge in [0.05, 0.1) is 7.11 Å². The number of carbonyl (C=O) groups is 2. The summed E-state index contributed by atoms with van der Waals surface area (Å²) in [6.07, 6.45) is 5.18. The molecular weight excluding hydrogens is 242 g/mol. The number of methoxy groups -OCH3 is 1. The van der Waals surface area contributed by atoms with E-state index < -0.39 is 0 Å². The van der Waals surface area contributed by atoms with Crippen LogP contribution in [0.3, 0.4) is 0 Å². The highest BCUT2D eigenvalue weighted by atomic mass is 16.5. The molecule has 3 rings (SSSR count). The van der Waals surface area contributed by atoms with Gasteiger partial charge >= 0.3 is 5.97 Å². The molecule has 3 fully saturated rings. The maximum absolute atomic E-state index is 12.4. The van der Waals surface area contributed by atoms with Gasteiger partial charge < -0.3 is 9.64 Å². The minimum atomic E-state index is -0.192. The van der Waals surface area contributed by atoms with Crippen LogP contribution in [0.25, 0.3) is 0 Å². The van der Waals surface area contributed by atoms with Crippen LogP contribution >= 0.6 is 0 Å². The van der Waals surface area contributed by atoms with Crippen molar-refractivity contribution in [2.45, 2.75) is 32.1 Å². The molecule has 4 nitrogen and oxygen atoms in total. The van der Waals surface area contributed by atoms with E-state index in [1.807, 2.05) is 11.9 Å². The summed E-state index contributed by atoms with van der Waals surface area (Å²) in [6, 6.07) is 0. The van der Waals surface area contributed by atoms with Crippen LogP contribution in [0.15, 0.2) is 0 Å². The Kier molecular flexibility index (Phi) is 3.27. The van der Waals surface area contributed by atoms with Gasteiger partial charge in [0.25, 0.3) is 0 Å². The molecule has 0 saturated heterocycles. The lowest BCUT2D eigenvalue weighted by Crippen LogP contribution is -2.31. The number of fused-ring (bicyclic) bond motifs is 5. The number of amides is 1. The molecule has 2 bridgehead atoms. The monoisotopic (exact) mass is 265 g/mol. The first-order valence-electron chi connectivity index (χ1n) is 7.45. The molecule has 19 heavy (non-hydrogen) atoms. The molecule has 0 aliphatic heterocycles. The summed E-state index contributed by atoms with van der Waals surface area (Å²) in [6.45, 7) is 0.666. The van der Waals surface area contributed by atoms with Crippen molar-refractivity contribution >= 4 is 11.9 Å². The van der Waals surface area contributed by atoms with E-state index in [9.17, 15) is 9.59 Å². The van der Waals surface area contributed by atoms with Gasteiger partial charge in [-0.05, 0) is 49.4 Å². The number of esters is 1. The Morgan fingerprint density at radius 3 is 2.42 bits per heavy atom. The summed E-state index contributed by atoms with van der Waals surface area (Å²) in [5, 5.41) is 0. The summed E-state index contributed by atoms with van der Waals surface area (Å²) >= 11 is 0. The van der Waals surface area contributed by atoms with Crippen LogP contribution in [0.1, 0.15) is 32.1 Å². The van der Waals surface area contributed by atoms with Crippen LogP contribution in [-0.2, 0) is 14.3 Å². The second kappa shape index (κ2) is 4.80. The Morgan fingerprint density at radius 2 is 1.84 bits per heavy atom. The van der Waals surface area contributed by atoms with E-state index >= 15 is 0 Å². The van der Waals surface area contributed by atoms with Crippen molar-refractivity contribution in [1.82, 2.24) is 4.90 Å². The maximum atomic E-state index is 12.4. The standard InChI is InChI=1S/C15H23NO3/c1-16(7-3-4-11(17)19-2)15(18)14-12-9-5-6-10(8-9)13(12)14/h9-10,12-14H,3-8H2,1-2H3. The van der Waals surface area contributed by atoms with Crippen molar-refractivity contribution in [2.24, 2.45) is 29.6 Å². The molecule has 106 valence electrons. The molecule has 0 N–H and O–H groups in total. The number of ether oxygens (including phenoxy) is 1. The van der Waals surface area contributed by atoms with Gasteiger partial charge in [-0.1, -0.05) is 0 Å². The average Bonchev–Trinajstić information content (AvgIpc) is 2.84. The molecule has 3 aliphatic rings. The van der Waals surface area contributed by atoms with Crippen molar-refractivity contribution < 1.29 is 14.3 Å². The summed E-state index contributed by atoms with van der Waals surface area (Å²) in [7, 11) is 3.27. The smallest absolute Gasteiger partial charge is 0.305 e. The molecule has 4 unspecified atom stereocenters. The molecule has 4 heteroatoms. The maximum Gasteiger partial charge on any atom is 0.305 e. The predicted octanol–water partition coefficient (Wildman–Crippen LogP) is 1.69.